The number of thiazole rings is 1. The molecule has 1 aliphatic rings. The third kappa shape index (κ3) is 3.65. The fourth-order valence-corrected chi connectivity index (χ4v) is 4.89. The summed E-state index contributed by atoms with van der Waals surface area (Å²) in [6, 6.07) is 10.4. The van der Waals surface area contributed by atoms with Crippen molar-refractivity contribution in [2.24, 2.45) is 0 Å². The topological polar surface area (TPSA) is 45.2 Å². The summed E-state index contributed by atoms with van der Waals surface area (Å²) in [4.78, 5) is 19.2. The number of anilines is 1. The summed E-state index contributed by atoms with van der Waals surface area (Å²) >= 11 is 3.35. The highest BCUT2D eigenvalue weighted by Crippen LogP contribution is 2.29. The highest BCUT2D eigenvalue weighted by molar-refractivity contribution is 7.08. The Labute approximate surface area is 172 Å². The summed E-state index contributed by atoms with van der Waals surface area (Å²) in [6.45, 7) is 5.02. The molecule has 0 radical (unpaired) electrons. The van der Waals surface area contributed by atoms with Crippen LogP contribution >= 0.6 is 22.7 Å². The first kappa shape index (κ1) is 17.7. The van der Waals surface area contributed by atoms with E-state index < -0.39 is 0 Å². The number of rotatable bonds is 4. The Morgan fingerprint density at radius 3 is 2.75 bits per heavy atom. The first-order chi connectivity index (χ1) is 13.9. The predicted octanol–water partition coefficient (Wildman–Crippen LogP) is 4.53. The SMILES string of the molecule is c1ccc2c(N3CCCN(Cc4cscn4)CC3)nc(-c3ccsc3)nc2c1. The van der Waals surface area contributed by atoms with Gasteiger partial charge in [0.05, 0.1) is 16.7 Å². The molecule has 0 N–H and O–H groups in total. The van der Waals surface area contributed by atoms with Crippen LogP contribution in [0.1, 0.15) is 12.1 Å². The molecule has 4 aromatic rings. The third-order valence-corrected chi connectivity index (χ3v) is 6.44. The van der Waals surface area contributed by atoms with Gasteiger partial charge >= 0.3 is 0 Å². The smallest absolute Gasteiger partial charge is 0.162 e. The number of para-hydroxylation sites is 1. The van der Waals surface area contributed by atoms with E-state index in [9.17, 15) is 0 Å². The first-order valence-corrected chi connectivity index (χ1v) is 11.4. The summed E-state index contributed by atoms with van der Waals surface area (Å²) < 4.78 is 0. The maximum Gasteiger partial charge on any atom is 0.162 e. The highest BCUT2D eigenvalue weighted by atomic mass is 32.1. The predicted molar refractivity (Wildman–Crippen MR) is 117 cm³/mol. The zero-order valence-electron chi connectivity index (χ0n) is 15.5. The molecule has 142 valence electrons. The molecule has 0 aliphatic carbocycles. The van der Waals surface area contributed by atoms with Crippen LogP contribution in [0.25, 0.3) is 22.3 Å². The molecule has 1 aromatic carbocycles. The summed E-state index contributed by atoms with van der Waals surface area (Å²) in [7, 11) is 0. The van der Waals surface area contributed by atoms with Crippen LogP contribution in [0, 0.1) is 0 Å². The number of benzene rings is 1. The Kier molecular flexibility index (Phi) is 5.03. The molecule has 1 saturated heterocycles. The second kappa shape index (κ2) is 7.95. The van der Waals surface area contributed by atoms with Crippen molar-refractivity contribution in [3.05, 3.63) is 57.7 Å². The number of nitrogens with zero attached hydrogens (tertiary/aromatic N) is 5. The minimum absolute atomic E-state index is 0.818. The zero-order valence-corrected chi connectivity index (χ0v) is 17.1. The molecule has 4 heterocycles. The Hall–Kier alpha value is -2.35. The maximum atomic E-state index is 5.00. The van der Waals surface area contributed by atoms with Gasteiger partial charge in [-0.3, -0.25) is 4.90 Å². The van der Waals surface area contributed by atoms with Gasteiger partial charge in [0.1, 0.15) is 5.82 Å². The molecular weight excluding hydrogens is 386 g/mol. The maximum absolute atomic E-state index is 5.00. The molecular formula is C21H21N5S2. The fourth-order valence-electron chi connectivity index (χ4n) is 3.71. The summed E-state index contributed by atoms with van der Waals surface area (Å²) in [5, 5.41) is 7.48. The van der Waals surface area contributed by atoms with Crippen LogP contribution in [0.3, 0.4) is 0 Å². The third-order valence-electron chi connectivity index (χ3n) is 5.12. The van der Waals surface area contributed by atoms with Crippen LogP contribution < -0.4 is 4.90 Å². The van der Waals surface area contributed by atoms with E-state index in [0.29, 0.717) is 0 Å². The molecule has 7 heteroatoms. The van der Waals surface area contributed by atoms with Gasteiger partial charge in [0, 0.05) is 54.4 Å². The number of hydrogen-bond acceptors (Lipinski definition) is 7. The van der Waals surface area contributed by atoms with Gasteiger partial charge in [-0.1, -0.05) is 12.1 Å². The Morgan fingerprint density at radius 1 is 0.929 bits per heavy atom. The van der Waals surface area contributed by atoms with Crippen LogP contribution in [-0.2, 0) is 6.54 Å². The van der Waals surface area contributed by atoms with Gasteiger partial charge in [0.15, 0.2) is 5.82 Å². The van der Waals surface area contributed by atoms with Crippen molar-refractivity contribution in [2.45, 2.75) is 13.0 Å². The van der Waals surface area contributed by atoms with E-state index in [2.05, 4.69) is 61.3 Å². The van der Waals surface area contributed by atoms with Gasteiger partial charge < -0.3 is 4.90 Å². The lowest BCUT2D eigenvalue weighted by Crippen LogP contribution is -2.31. The largest absolute Gasteiger partial charge is 0.355 e. The molecule has 3 aromatic heterocycles. The van der Waals surface area contributed by atoms with Crippen LogP contribution in [0.5, 0.6) is 0 Å². The molecule has 0 saturated carbocycles. The fraction of sp³-hybridized carbons (Fsp3) is 0.286. The quantitative estimate of drug-likeness (QED) is 0.497. The molecule has 5 nitrogen and oxygen atoms in total. The van der Waals surface area contributed by atoms with Crippen molar-refractivity contribution >= 4 is 39.4 Å². The van der Waals surface area contributed by atoms with Gasteiger partial charge in [0.25, 0.3) is 0 Å². The minimum Gasteiger partial charge on any atom is -0.355 e. The van der Waals surface area contributed by atoms with E-state index in [-0.39, 0.29) is 0 Å². The molecule has 0 spiro atoms. The molecule has 0 amide bonds. The second-order valence-electron chi connectivity index (χ2n) is 7.00. The second-order valence-corrected chi connectivity index (χ2v) is 8.50. The first-order valence-electron chi connectivity index (χ1n) is 9.50. The summed E-state index contributed by atoms with van der Waals surface area (Å²) in [5.41, 5.74) is 5.19. The molecule has 1 fully saturated rings. The Balaban J connectivity index is 1.45. The van der Waals surface area contributed by atoms with E-state index in [1.165, 1.54) is 5.69 Å². The van der Waals surface area contributed by atoms with Crippen molar-refractivity contribution in [1.82, 2.24) is 19.9 Å². The number of hydrogen-bond donors (Lipinski definition) is 0. The summed E-state index contributed by atoms with van der Waals surface area (Å²) in [6.07, 6.45) is 1.12. The van der Waals surface area contributed by atoms with Crippen LogP contribution in [0.2, 0.25) is 0 Å². The molecule has 28 heavy (non-hydrogen) atoms. The molecule has 5 rings (SSSR count). The van der Waals surface area contributed by atoms with E-state index in [4.69, 9.17) is 9.97 Å². The monoisotopic (exact) mass is 407 g/mol. The van der Waals surface area contributed by atoms with Crippen LogP contribution in [0.15, 0.2) is 52.0 Å². The minimum atomic E-state index is 0.818. The van der Waals surface area contributed by atoms with Gasteiger partial charge in [-0.25, -0.2) is 15.0 Å². The van der Waals surface area contributed by atoms with Crippen molar-refractivity contribution in [1.29, 1.82) is 0 Å². The van der Waals surface area contributed by atoms with Crippen molar-refractivity contribution < 1.29 is 0 Å². The van der Waals surface area contributed by atoms with Crippen molar-refractivity contribution in [2.75, 3.05) is 31.1 Å². The Morgan fingerprint density at radius 2 is 1.89 bits per heavy atom. The lowest BCUT2D eigenvalue weighted by Gasteiger charge is -2.24. The average molecular weight is 408 g/mol. The molecule has 0 unspecified atom stereocenters. The van der Waals surface area contributed by atoms with Gasteiger partial charge in [-0.05, 0) is 30.0 Å². The van der Waals surface area contributed by atoms with E-state index in [1.54, 1.807) is 22.7 Å². The normalized spacial score (nSPS) is 15.8. The van der Waals surface area contributed by atoms with Crippen molar-refractivity contribution in [3.63, 3.8) is 0 Å². The van der Waals surface area contributed by atoms with E-state index in [0.717, 1.165) is 67.3 Å². The lowest BCUT2D eigenvalue weighted by atomic mass is 10.2. The number of fused-ring (bicyclic) bond motifs is 1. The van der Waals surface area contributed by atoms with Gasteiger partial charge in [0.2, 0.25) is 0 Å². The average Bonchev–Trinajstić information content (AvgIpc) is 3.39. The van der Waals surface area contributed by atoms with Gasteiger partial charge in [-0.2, -0.15) is 11.3 Å². The lowest BCUT2D eigenvalue weighted by molar-refractivity contribution is 0.282. The summed E-state index contributed by atoms with van der Waals surface area (Å²) in [5.74, 6) is 1.88. The van der Waals surface area contributed by atoms with Crippen molar-refractivity contribution in [3.8, 4) is 11.4 Å². The highest BCUT2D eigenvalue weighted by Gasteiger charge is 2.20. The van der Waals surface area contributed by atoms with E-state index >= 15 is 0 Å². The standard InChI is InChI=1S/C21H21N5S2/c1-2-5-19-18(4-1)21(24-20(23-19)16-6-11-27-13-16)26-8-3-7-25(9-10-26)12-17-14-28-15-22-17/h1-2,4-6,11,13-15H,3,7-10,12H2. The molecule has 1 aliphatic heterocycles. The van der Waals surface area contributed by atoms with Crippen LogP contribution in [-0.4, -0.2) is 46.0 Å². The zero-order chi connectivity index (χ0) is 18.8. The molecule has 0 atom stereocenters. The number of thiophene rings is 1. The van der Waals surface area contributed by atoms with E-state index in [1.807, 2.05) is 5.51 Å². The Bertz CT molecular complexity index is 1050. The number of aromatic nitrogens is 3. The molecule has 0 bridgehead atoms. The van der Waals surface area contributed by atoms with Gasteiger partial charge in [-0.15, -0.1) is 11.3 Å². The van der Waals surface area contributed by atoms with Crippen LogP contribution in [0.4, 0.5) is 5.82 Å².